The molecule has 0 aromatic carbocycles. The zero-order chi connectivity index (χ0) is 14.5. The molecule has 1 aliphatic rings. The number of nitrogens with one attached hydrogen (secondary N) is 1. The molecule has 110 valence electrons. The van der Waals surface area contributed by atoms with Gasteiger partial charge in [0.15, 0.2) is 0 Å². The second kappa shape index (κ2) is 6.62. The Morgan fingerprint density at radius 2 is 2.45 bits per heavy atom. The van der Waals surface area contributed by atoms with Gasteiger partial charge in [-0.3, -0.25) is 10.1 Å². The van der Waals surface area contributed by atoms with Gasteiger partial charge in [-0.1, -0.05) is 0 Å². The molecule has 20 heavy (non-hydrogen) atoms. The first-order valence-electron chi connectivity index (χ1n) is 6.82. The number of aryl methyl sites for hydroxylation is 1. The SMILES string of the molecule is Cc1cnc(N(CCO)CC2CCCN2)c([N+](=O)[O-])c1. The fourth-order valence-electron chi connectivity index (χ4n) is 2.51. The third kappa shape index (κ3) is 3.43. The van der Waals surface area contributed by atoms with Crippen molar-refractivity contribution < 1.29 is 10.0 Å². The number of hydrogen-bond acceptors (Lipinski definition) is 6. The van der Waals surface area contributed by atoms with Crippen LogP contribution in [0.25, 0.3) is 0 Å². The molecule has 1 fully saturated rings. The van der Waals surface area contributed by atoms with Gasteiger partial charge in [0.05, 0.1) is 11.5 Å². The average molecular weight is 280 g/mol. The maximum absolute atomic E-state index is 11.2. The molecule has 0 bridgehead atoms. The molecule has 2 rings (SSSR count). The van der Waals surface area contributed by atoms with Crippen LogP contribution >= 0.6 is 0 Å². The largest absolute Gasteiger partial charge is 0.395 e. The van der Waals surface area contributed by atoms with E-state index in [9.17, 15) is 15.2 Å². The van der Waals surface area contributed by atoms with Crippen LogP contribution in [-0.4, -0.2) is 47.3 Å². The van der Waals surface area contributed by atoms with Gasteiger partial charge in [-0.2, -0.15) is 0 Å². The molecule has 0 amide bonds. The molecule has 2 N–H and O–H groups in total. The van der Waals surface area contributed by atoms with E-state index in [1.165, 1.54) is 6.07 Å². The highest BCUT2D eigenvalue weighted by atomic mass is 16.6. The van der Waals surface area contributed by atoms with Crippen molar-refractivity contribution in [2.45, 2.75) is 25.8 Å². The summed E-state index contributed by atoms with van der Waals surface area (Å²) in [6.07, 6.45) is 3.78. The molecule has 1 saturated heterocycles. The van der Waals surface area contributed by atoms with Crippen LogP contribution in [0.2, 0.25) is 0 Å². The Morgan fingerprint density at radius 3 is 3.05 bits per heavy atom. The fourth-order valence-corrected chi connectivity index (χ4v) is 2.51. The van der Waals surface area contributed by atoms with Crippen molar-refractivity contribution in [1.29, 1.82) is 0 Å². The zero-order valence-corrected chi connectivity index (χ0v) is 11.6. The van der Waals surface area contributed by atoms with Crippen LogP contribution in [-0.2, 0) is 0 Å². The van der Waals surface area contributed by atoms with Crippen LogP contribution in [0.5, 0.6) is 0 Å². The minimum Gasteiger partial charge on any atom is -0.395 e. The quantitative estimate of drug-likeness (QED) is 0.593. The van der Waals surface area contributed by atoms with E-state index in [1.807, 2.05) is 0 Å². The van der Waals surface area contributed by atoms with Crippen LogP contribution < -0.4 is 10.2 Å². The van der Waals surface area contributed by atoms with Crippen LogP contribution in [0.4, 0.5) is 11.5 Å². The molecular formula is C13H20N4O3. The molecular weight excluding hydrogens is 260 g/mol. The molecule has 2 heterocycles. The number of aliphatic hydroxyl groups is 1. The van der Waals surface area contributed by atoms with Crippen molar-refractivity contribution in [2.24, 2.45) is 0 Å². The van der Waals surface area contributed by atoms with Gasteiger partial charge in [0.25, 0.3) is 0 Å². The number of hydrogen-bond donors (Lipinski definition) is 2. The molecule has 1 atom stereocenters. The number of nitrogens with zero attached hydrogens (tertiary/aromatic N) is 3. The highest BCUT2D eigenvalue weighted by Gasteiger charge is 2.24. The molecule has 1 aromatic rings. The maximum Gasteiger partial charge on any atom is 0.311 e. The molecule has 0 saturated carbocycles. The van der Waals surface area contributed by atoms with Crippen LogP contribution in [0, 0.1) is 17.0 Å². The number of aromatic nitrogens is 1. The van der Waals surface area contributed by atoms with E-state index in [-0.39, 0.29) is 12.3 Å². The highest BCUT2D eigenvalue weighted by Crippen LogP contribution is 2.27. The number of aliphatic hydroxyl groups excluding tert-OH is 1. The average Bonchev–Trinajstić information content (AvgIpc) is 2.91. The van der Waals surface area contributed by atoms with Gasteiger partial charge in [0.2, 0.25) is 5.82 Å². The molecule has 0 radical (unpaired) electrons. The lowest BCUT2D eigenvalue weighted by molar-refractivity contribution is -0.384. The fraction of sp³-hybridized carbons (Fsp3) is 0.615. The molecule has 0 aliphatic carbocycles. The second-order valence-corrected chi connectivity index (χ2v) is 5.08. The summed E-state index contributed by atoms with van der Waals surface area (Å²) in [5.41, 5.74) is 0.750. The Bertz CT molecular complexity index is 475. The molecule has 1 unspecified atom stereocenters. The zero-order valence-electron chi connectivity index (χ0n) is 11.6. The van der Waals surface area contributed by atoms with E-state index in [0.29, 0.717) is 24.9 Å². The molecule has 1 aliphatic heterocycles. The number of nitro groups is 1. The lowest BCUT2D eigenvalue weighted by Gasteiger charge is -2.25. The third-order valence-electron chi connectivity index (χ3n) is 3.45. The minimum atomic E-state index is -0.415. The lowest BCUT2D eigenvalue weighted by Crippen LogP contribution is -2.39. The van der Waals surface area contributed by atoms with Crippen molar-refractivity contribution in [3.05, 3.63) is 27.9 Å². The Kier molecular flexibility index (Phi) is 4.86. The van der Waals surface area contributed by atoms with Crippen molar-refractivity contribution >= 4 is 11.5 Å². The third-order valence-corrected chi connectivity index (χ3v) is 3.45. The van der Waals surface area contributed by atoms with E-state index in [1.54, 1.807) is 18.0 Å². The van der Waals surface area contributed by atoms with Crippen LogP contribution in [0.1, 0.15) is 18.4 Å². The Morgan fingerprint density at radius 1 is 1.65 bits per heavy atom. The van der Waals surface area contributed by atoms with E-state index >= 15 is 0 Å². The maximum atomic E-state index is 11.2. The summed E-state index contributed by atoms with van der Waals surface area (Å²) < 4.78 is 0. The predicted octanol–water partition coefficient (Wildman–Crippen LogP) is 0.849. The van der Waals surface area contributed by atoms with Crippen LogP contribution in [0.15, 0.2) is 12.3 Å². The molecule has 1 aromatic heterocycles. The van der Waals surface area contributed by atoms with Crippen molar-refractivity contribution in [2.75, 3.05) is 31.1 Å². The second-order valence-electron chi connectivity index (χ2n) is 5.08. The summed E-state index contributed by atoms with van der Waals surface area (Å²) in [5.74, 6) is 0.336. The topological polar surface area (TPSA) is 91.5 Å². The first-order valence-corrected chi connectivity index (χ1v) is 6.82. The Balaban J connectivity index is 2.25. The summed E-state index contributed by atoms with van der Waals surface area (Å²) in [5, 5.41) is 23.7. The summed E-state index contributed by atoms with van der Waals surface area (Å²) >= 11 is 0. The first-order chi connectivity index (χ1) is 9.61. The Labute approximate surface area is 117 Å². The van der Waals surface area contributed by atoms with Gasteiger partial charge in [-0.05, 0) is 31.9 Å². The highest BCUT2D eigenvalue weighted by molar-refractivity contribution is 5.58. The van der Waals surface area contributed by atoms with Gasteiger partial charge in [-0.15, -0.1) is 0 Å². The number of anilines is 1. The molecule has 7 nitrogen and oxygen atoms in total. The molecule has 7 heteroatoms. The van der Waals surface area contributed by atoms with E-state index in [4.69, 9.17) is 0 Å². The standard InChI is InChI=1S/C13H20N4O3/c1-10-7-12(17(19)20)13(15-8-10)16(5-6-18)9-11-3-2-4-14-11/h7-8,11,14,18H,2-6,9H2,1H3. The van der Waals surface area contributed by atoms with Crippen LogP contribution in [0.3, 0.4) is 0 Å². The smallest absolute Gasteiger partial charge is 0.311 e. The number of rotatable bonds is 6. The summed E-state index contributed by atoms with van der Waals surface area (Å²) in [7, 11) is 0. The van der Waals surface area contributed by atoms with Crippen molar-refractivity contribution in [3.63, 3.8) is 0 Å². The predicted molar refractivity (Wildman–Crippen MR) is 76.0 cm³/mol. The minimum absolute atomic E-state index is 0.00329. The van der Waals surface area contributed by atoms with Gasteiger partial charge in [0.1, 0.15) is 0 Å². The van der Waals surface area contributed by atoms with Crippen molar-refractivity contribution in [1.82, 2.24) is 10.3 Å². The first kappa shape index (κ1) is 14.7. The molecule has 0 spiro atoms. The van der Waals surface area contributed by atoms with Gasteiger partial charge < -0.3 is 15.3 Å². The van der Waals surface area contributed by atoms with Crippen molar-refractivity contribution in [3.8, 4) is 0 Å². The Hall–Kier alpha value is -1.73. The normalized spacial score (nSPS) is 18.2. The number of pyridine rings is 1. The van der Waals surface area contributed by atoms with E-state index < -0.39 is 4.92 Å². The lowest BCUT2D eigenvalue weighted by atomic mass is 10.2. The van der Waals surface area contributed by atoms with E-state index in [0.717, 1.165) is 24.9 Å². The summed E-state index contributed by atoms with van der Waals surface area (Å²) in [4.78, 5) is 16.8. The summed E-state index contributed by atoms with van der Waals surface area (Å²) in [6.45, 7) is 3.66. The van der Waals surface area contributed by atoms with Gasteiger partial charge in [-0.25, -0.2) is 4.98 Å². The van der Waals surface area contributed by atoms with E-state index in [2.05, 4.69) is 10.3 Å². The van der Waals surface area contributed by atoms with Gasteiger partial charge in [0, 0.05) is 31.4 Å². The monoisotopic (exact) mass is 280 g/mol. The van der Waals surface area contributed by atoms with Gasteiger partial charge >= 0.3 is 5.69 Å². The summed E-state index contributed by atoms with van der Waals surface area (Å²) in [6, 6.07) is 1.82.